The van der Waals surface area contributed by atoms with E-state index in [2.05, 4.69) is 54.6 Å². The van der Waals surface area contributed by atoms with Crippen molar-refractivity contribution in [3.8, 4) is 0 Å². The number of rotatable bonds is 1. The second-order valence-corrected chi connectivity index (χ2v) is 6.98. The number of benzene rings is 1. The summed E-state index contributed by atoms with van der Waals surface area (Å²) in [6.45, 7) is 4.29. The molecule has 94 valence electrons. The first-order valence-corrected chi connectivity index (χ1v) is 7.63. The van der Waals surface area contributed by atoms with Crippen LogP contribution in [-0.4, -0.2) is 11.2 Å². The first-order chi connectivity index (χ1) is 8.66. The third-order valence-corrected chi connectivity index (χ3v) is 6.18. The van der Waals surface area contributed by atoms with Crippen molar-refractivity contribution in [2.75, 3.05) is 0 Å². The normalized spacial score (nSPS) is 34.2. The Hall–Kier alpha value is -1.22. The highest BCUT2D eigenvalue weighted by atomic mass is 32.2. The van der Waals surface area contributed by atoms with E-state index < -0.39 is 0 Å². The largest absolute Gasteiger partial charge is 0.272 e. The number of carbonyl (C=O) groups is 1. The summed E-state index contributed by atoms with van der Waals surface area (Å²) in [5.41, 5.74) is 1.25. The molecule has 4 atom stereocenters. The van der Waals surface area contributed by atoms with Gasteiger partial charge in [-0.25, -0.2) is 0 Å². The van der Waals surface area contributed by atoms with Gasteiger partial charge in [0.05, 0.1) is 5.92 Å². The van der Waals surface area contributed by atoms with Crippen molar-refractivity contribution in [3.63, 3.8) is 0 Å². The zero-order valence-electron chi connectivity index (χ0n) is 10.7. The number of nitrogens with zero attached hydrogens (tertiary/aromatic N) is 1. The molecule has 1 aromatic carbocycles. The third kappa shape index (κ3) is 1.87. The quantitative estimate of drug-likeness (QED) is 0.712. The van der Waals surface area contributed by atoms with Gasteiger partial charge in [0.25, 0.3) is 5.91 Å². The van der Waals surface area contributed by atoms with Gasteiger partial charge in [0, 0.05) is 10.1 Å². The van der Waals surface area contributed by atoms with Gasteiger partial charge in [-0.05, 0) is 31.4 Å². The highest BCUT2D eigenvalue weighted by Crippen LogP contribution is 2.37. The molecular weight excluding hydrogens is 242 g/mol. The molecule has 2 aliphatic rings. The van der Waals surface area contributed by atoms with Crippen molar-refractivity contribution < 1.29 is 4.79 Å². The van der Waals surface area contributed by atoms with Crippen molar-refractivity contribution >= 4 is 16.6 Å². The van der Waals surface area contributed by atoms with Gasteiger partial charge in [0.1, 0.15) is 0 Å². The third-order valence-electron chi connectivity index (χ3n) is 3.77. The van der Waals surface area contributed by atoms with Crippen molar-refractivity contribution in [2.24, 2.45) is 16.2 Å². The highest BCUT2D eigenvalue weighted by molar-refractivity contribution is 7.88. The molecule has 0 unspecified atom stereocenters. The minimum Gasteiger partial charge on any atom is -0.272 e. The summed E-state index contributed by atoms with van der Waals surface area (Å²) in [4.78, 5) is 13.2. The smallest absolute Gasteiger partial charge is 0.256 e. The van der Waals surface area contributed by atoms with Crippen LogP contribution >= 0.6 is 0 Å². The topological polar surface area (TPSA) is 29.4 Å². The second kappa shape index (κ2) is 4.47. The second-order valence-electron chi connectivity index (χ2n) is 5.15. The minimum atomic E-state index is -0.251. The first kappa shape index (κ1) is 11.8. The molecule has 0 saturated heterocycles. The molecule has 0 fully saturated rings. The first-order valence-electron chi connectivity index (χ1n) is 6.39. The van der Waals surface area contributed by atoms with Gasteiger partial charge < -0.3 is 0 Å². The average Bonchev–Trinajstić information content (AvgIpc) is 2.70. The molecule has 0 saturated carbocycles. The van der Waals surface area contributed by atoms with E-state index in [0.717, 1.165) is 6.42 Å². The van der Waals surface area contributed by atoms with Gasteiger partial charge >= 0.3 is 0 Å². The Morgan fingerprint density at radius 1 is 1.28 bits per heavy atom. The number of hydrogen-bond acceptors (Lipinski definition) is 1. The lowest BCUT2D eigenvalue weighted by molar-refractivity contribution is -0.121. The van der Waals surface area contributed by atoms with E-state index in [1.807, 2.05) is 0 Å². The summed E-state index contributed by atoms with van der Waals surface area (Å²) in [6.07, 6.45) is 5.25. The highest BCUT2D eigenvalue weighted by Gasteiger charge is 2.41. The molecule has 2 nitrogen and oxygen atoms in total. The Morgan fingerprint density at radius 3 is 2.72 bits per heavy atom. The molecule has 1 aliphatic heterocycles. The molecule has 0 radical (unpaired) electrons. The number of amides is 1. The van der Waals surface area contributed by atoms with Crippen LogP contribution in [0, 0.1) is 18.8 Å². The van der Waals surface area contributed by atoms with E-state index in [1.54, 1.807) is 0 Å². The molecule has 1 amide bonds. The predicted octanol–water partition coefficient (Wildman–Crippen LogP) is 3.28. The summed E-state index contributed by atoms with van der Waals surface area (Å²) < 4.78 is 4.43. The van der Waals surface area contributed by atoms with Crippen LogP contribution in [0.1, 0.15) is 18.9 Å². The molecule has 0 aromatic heterocycles. The fraction of sp³-hybridized carbons (Fsp3) is 0.400. The van der Waals surface area contributed by atoms with Crippen molar-refractivity contribution in [2.45, 2.75) is 30.4 Å². The van der Waals surface area contributed by atoms with E-state index in [1.165, 1.54) is 10.5 Å². The maximum atomic E-state index is 12.0. The summed E-state index contributed by atoms with van der Waals surface area (Å²) in [6, 6.07) is 8.48. The van der Waals surface area contributed by atoms with E-state index in [4.69, 9.17) is 0 Å². The molecule has 3 heteroatoms. The lowest BCUT2D eigenvalue weighted by Gasteiger charge is -2.27. The van der Waals surface area contributed by atoms with E-state index in [9.17, 15) is 4.79 Å². The number of allylic oxidation sites excluding steroid dienone is 2. The van der Waals surface area contributed by atoms with Gasteiger partial charge in [-0.2, -0.15) is 4.36 Å². The summed E-state index contributed by atoms with van der Waals surface area (Å²) in [5.74, 6) is 0.679. The van der Waals surface area contributed by atoms with Crippen LogP contribution in [0.5, 0.6) is 0 Å². The maximum absolute atomic E-state index is 12.0. The molecule has 0 spiro atoms. The zero-order valence-corrected chi connectivity index (χ0v) is 11.5. The molecule has 1 aromatic rings. The number of hydrogen-bond donors (Lipinski definition) is 0. The van der Waals surface area contributed by atoms with Crippen LogP contribution in [-0.2, 0) is 15.5 Å². The van der Waals surface area contributed by atoms with Gasteiger partial charge in [-0.15, -0.1) is 0 Å². The molecule has 18 heavy (non-hydrogen) atoms. The number of carbonyl (C=O) groups excluding carboxylic acids is 1. The fourth-order valence-corrected chi connectivity index (χ4v) is 5.08. The number of fused-ring (bicyclic) bond motifs is 1. The summed E-state index contributed by atoms with van der Waals surface area (Å²) in [7, 11) is -0.251. The molecule has 0 N–H and O–H groups in total. The summed E-state index contributed by atoms with van der Waals surface area (Å²) >= 11 is 0. The van der Waals surface area contributed by atoms with Crippen LogP contribution in [0.25, 0.3) is 0 Å². The van der Waals surface area contributed by atoms with Crippen molar-refractivity contribution in [1.29, 1.82) is 0 Å². The zero-order chi connectivity index (χ0) is 12.7. The van der Waals surface area contributed by atoms with E-state index in [0.29, 0.717) is 11.2 Å². The Balaban J connectivity index is 2.01. The van der Waals surface area contributed by atoms with E-state index >= 15 is 0 Å². The Labute approximate surface area is 110 Å². The Kier molecular flexibility index (Phi) is 2.94. The maximum Gasteiger partial charge on any atom is 0.256 e. The van der Waals surface area contributed by atoms with Crippen LogP contribution in [0.4, 0.5) is 0 Å². The monoisotopic (exact) mass is 259 g/mol. The van der Waals surface area contributed by atoms with Crippen molar-refractivity contribution in [1.82, 2.24) is 0 Å². The SMILES string of the molecule is Cc1ccc([S@@]2=NC(=O)[C@H]3CC=C[C@@H](C)[C@H]32)cc1. The molecule has 3 rings (SSSR count). The van der Waals surface area contributed by atoms with Crippen LogP contribution in [0.2, 0.25) is 0 Å². The standard InChI is InChI=1S/C15H17NOS/c1-10-6-8-12(9-7-10)18-14-11(2)4-3-5-13(14)15(17)16-18/h3-4,6-9,11,13-14H,5H2,1-2H3/t11-,13+,14-,18+/m1/s1. The van der Waals surface area contributed by atoms with Gasteiger partial charge in [-0.1, -0.05) is 47.5 Å². The minimum absolute atomic E-state index is 0.111. The molecule has 1 heterocycles. The van der Waals surface area contributed by atoms with Crippen LogP contribution in [0.3, 0.4) is 0 Å². The van der Waals surface area contributed by atoms with Crippen LogP contribution in [0.15, 0.2) is 45.7 Å². The van der Waals surface area contributed by atoms with E-state index in [-0.39, 0.29) is 22.5 Å². The summed E-state index contributed by atoms with van der Waals surface area (Å²) in [5, 5.41) is 0.380. The fourth-order valence-electron chi connectivity index (χ4n) is 2.76. The Bertz CT molecular complexity index is 544. The number of aryl methyl sites for hydroxylation is 1. The molecule has 0 bridgehead atoms. The lowest BCUT2D eigenvalue weighted by Crippen LogP contribution is -2.31. The molecular formula is C15H17NOS. The van der Waals surface area contributed by atoms with Gasteiger partial charge in [0.2, 0.25) is 0 Å². The predicted molar refractivity (Wildman–Crippen MR) is 74.4 cm³/mol. The Morgan fingerprint density at radius 2 is 2.00 bits per heavy atom. The molecule has 1 aliphatic carbocycles. The van der Waals surface area contributed by atoms with Crippen LogP contribution < -0.4 is 0 Å². The average molecular weight is 259 g/mol. The van der Waals surface area contributed by atoms with Crippen molar-refractivity contribution in [3.05, 3.63) is 42.0 Å². The van der Waals surface area contributed by atoms with Gasteiger partial charge in [0.15, 0.2) is 0 Å². The lowest BCUT2D eigenvalue weighted by atomic mass is 9.87. The van der Waals surface area contributed by atoms with Gasteiger partial charge in [-0.3, -0.25) is 4.79 Å².